The van der Waals surface area contributed by atoms with Gasteiger partial charge in [-0.25, -0.2) is 4.79 Å². The van der Waals surface area contributed by atoms with Crippen molar-refractivity contribution in [3.63, 3.8) is 0 Å². The SMILES string of the molecule is C=CC(=O)O.CC(=O)O.CC(C)C. The lowest BCUT2D eigenvalue weighted by Gasteiger charge is -1.79. The molecular formula is C9H18O4. The van der Waals surface area contributed by atoms with Gasteiger partial charge in [0.25, 0.3) is 5.97 Å². The van der Waals surface area contributed by atoms with Gasteiger partial charge in [-0.3, -0.25) is 4.79 Å². The summed E-state index contributed by atoms with van der Waals surface area (Å²) in [5.41, 5.74) is 0. The highest BCUT2D eigenvalue weighted by atomic mass is 16.4. The standard InChI is InChI=1S/C4H10.C3H4O2.C2H4O2/c1-4(2)3;1-2-3(4)5;1-2(3)4/h4H,1-3H3;2H,1H2,(H,4,5);1H3,(H,3,4). The maximum atomic E-state index is 9.25. The average Bonchev–Trinajstić information content (AvgIpc) is 1.84. The summed E-state index contributed by atoms with van der Waals surface area (Å²) in [4.78, 5) is 18.2. The van der Waals surface area contributed by atoms with Crippen LogP contribution in [0.1, 0.15) is 27.7 Å². The van der Waals surface area contributed by atoms with Crippen LogP contribution < -0.4 is 0 Å². The zero-order valence-electron chi connectivity index (χ0n) is 8.57. The fourth-order valence-corrected chi connectivity index (χ4v) is 0. The van der Waals surface area contributed by atoms with Crippen molar-refractivity contribution >= 4 is 11.9 Å². The molecule has 0 radical (unpaired) electrons. The second kappa shape index (κ2) is 13.3. The van der Waals surface area contributed by atoms with Crippen LogP contribution in [0, 0.1) is 5.92 Å². The minimum Gasteiger partial charge on any atom is -0.481 e. The average molecular weight is 190 g/mol. The fraction of sp³-hybridized carbons (Fsp3) is 0.556. The number of hydrogen-bond acceptors (Lipinski definition) is 2. The Labute approximate surface area is 78.9 Å². The van der Waals surface area contributed by atoms with E-state index in [0.29, 0.717) is 0 Å². The third-order valence-electron chi connectivity index (χ3n) is 0.175. The lowest BCUT2D eigenvalue weighted by Crippen LogP contribution is -1.82. The summed E-state index contributed by atoms with van der Waals surface area (Å²) in [6, 6.07) is 0. The normalized spacial score (nSPS) is 7.15. The number of rotatable bonds is 1. The number of carbonyl (C=O) groups is 2. The molecule has 2 N–H and O–H groups in total. The lowest BCUT2D eigenvalue weighted by atomic mass is 10.3. The van der Waals surface area contributed by atoms with Crippen LogP contribution in [0.25, 0.3) is 0 Å². The molecule has 0 saturated heterocycles. The predicted octanol–water partition coefficient (Wildman–Crippen LogP) is 2.01. The van der Waals surface area contributed by atoms with Crippen molar-refractivity contribution in [2.24, 2.45) is 5.92 Å². The Hall–Kier alpha value is -1.32. The van der Waals surface area contributed by atoms with Crippen LogP contribution in [0.15, 0.2) is 12.7 Å². The molecule has 0 amide bonds. The van der Waals surface area contributed by atoms with Gasteiger partial charge < -0.3 is 10.2 Å². The maximum absolute atomic E-state index is 9.25. The van der Waals surface area contributed by atoms with Gasteiger partial charge in [-0.2, -0.15) is 0 Å². The smallest absolute Gasteiger partial charge is 0.327 e. The summed E-state index contributed by atoms with van der Waals surface area (Å²) >= 11 is 0. The molecular weight excluding hydrogens is 172 g/mol. The van der Waals surface area contributed by atoms with E-state index in [2.05, 4.69) is 27.4 Å². The van der Waals surface area contributed by atoms with Gasteiger partial charge in [-0.1, -0.05) is 27.4 Å². The second-order valence-corrected chi connectivity index (χ2v) is 2.79. The van der Waals surface area contributed by atoms with Crippen LogP contribution >= 0.6 is 0 Å². The molecule has 0 bridgehead atoms. The molecule has 0 aliphatic rings. The first-order valence-electron chi connectivity index (χ1n) is 3.78. The molecule has 0 fully saturated rings. The summed E-state index contributed by atoms with van der Waals surface area (Å²) in [5, 5.41) is 15.0. The van der Waals surface area contributed by atoms with E-state index < -0.39 is 11.9 Å². The Balaban J connectivity index is -0.000000117. The van der Waals surface area contributed by atoms with E-state index >= 15 is 0 Å². The third-order valence-corrected chi connectivity index (χ3v) is 0.175. The van der Waals surface area contributed by atoms with E-state index in [1.807, 2.05) is 0 Å². The first-order chi connectivity index (χ1) is 5.73. The summed E-state index contributed by atoms with van der Waals surface area (Å²) < 4.78 is 0. The summed E-state index contributed by atoms with van der Waals surface area (Å²) in [6.45, 7) is 10.5. The summed E-state index contributed by atoms with van der Waals surface area (Å²) in [5.74, 6) is -0.981. The number of hydrogen-bond donors (Lipinski definition) is 2. The largest absolute Gasteiger partial charge is 0.481 e. The highest BCUT2D eigenvalue weighted by molar-refractivity contribution is 5.78. The van der Waals surface area contributed by atoms with Gasteiger partial charge in [0.05, 0.1) is 0 Å². The molecule has 13 heavy (non-hydrogen) atoms. The molecule has 0 rings (SSSR count). The zero-order valence-corrected chi connectivity index (χ0v) is 8.57. The van der Waals surface area contributed by atoms with Crippen LogP contribution in [0.2, 0.25) is 0 Å². The van der Waals surface area contributed by atoms with Gasteiger partial charge in [0.2, 0.25) is 0 Å². The number of aliphatic carboxylic acids is 2. The first kappa shape index (κ1) is 17.7. The Bertz CT molecular complexity index is 143. The Kier molecular flexibility index (Phi) is 18.1. The van der Waals surface area contributed by atoms with Crippen LogP contribution in [0.4, 0.5) is 0 Å². The molecule has 4 heteroatoms. The van der Waals surface area contributed by atoms with E-state index in [4.69, 9.17) is 15.0 Å². The van der Waals surface area contributed by atoms with Crippen molar-refractivity contribution < 1.29 is 19.8 Å². The molecule has 0 heterocycles. The van der Waals surface area contributed by atoms with Crippen molar-refractivity contribution in [1.29, 1.82) is 0 Å². The summed E-state index contributed by atoms with van der Waals surface area (Å²) in [7, 11) is 0. The molecule has 0 saturated carbocycles. The van der Waals surface area contributed by atoms with Gasteiger partial charge in [-0.05, 0) is 5.92 Å². The van der Waals surface area contributed by atoms with Crippen LogP contribution in [0.3, 0.4) is 0 Å². The molecule has 0 aromatic rings. The molecule has 0 aliphatic heterocycles. The van der Waals surface area contributed by atoms with Crippen LogP contribution in [0.5, 0.6) is 0 Å². The van der Waals surface area contributed by atoms with Gasteiger partial charge in [0.15, 0.2) is 0 Å². The molecule has 4 nitrogen and oxygen atoms in total. The van der Waals surface area contributed by atoms with Crippen molar-refractivity contribution in [3.8, 4) is 0 Å². The van der Waals surface area contributed by atoms with Crippen LogP contribution in [-0.4, -0.2) is 22.2 Å². The van der Waals surface area contributed by atoms with Crippen molar-refractivity contribution in [2.75, 3.05) is 0 Å². The van der Waals surface area contributed by atoms with Gasteiger partial charge >= 0.3 is 5.97 Å². The molecule has 0 unspecified atom stereocenters. The molecule has 0 aromatic carbocycles. The third kappa shape index (κ3) is 1740. The van der Waals surface area contributed by atoms with Crippen molar-refractivity contribution in [3.05, 3.63) is 12.7 Å². The lowest BCUT2D eigenvalue weighted by molar-refractivity contribution is -0.134. The molecule has 0 atom stereocenters. The first-order valence-corrected chi connectivity index (χ1v) is 3.78. The highest BCUT2D eigenvalue weighted by Crippen LogP contribution is 1.81. The number of carboxylic acid groups (broad SMARTS) is 2. The van der Waals surface area contributed by atoms with Crippen LogP contribution in [-0.2, 0) is 9.59 Å². The van der Waals surface area contributed by atoms with E-state index in [1.54, 1.807) is 0 Å². The molecule has 78 valence electrons. The Morgan fingerprint density at radius 3 is 1.31 bits per heavy atom. The molecule has 0 spiro atoms. The van der Waals surface area contributed by atoms with Gasteiger partial charge in [0.1, 0.15) is 0 Å². The van der Waals surface area contributed by atoms with Gasteiger partial charge in [-0.15, -0.1) is 0 Å². The predicted molar refractivity (Wildman–Crippen MR) is 51.7 cm³/mol. The minimum atomic E-state index is -0.981. The Morgan fingerprint density at radius 2 is 1.31 bits per heavy atom. The van der Waals surface area contributed by atoms with Crippen molar-refractivity contribution in [2.45, 2.75) is 27.7 Å². The topological polar surface area (TPSA) is 74.6 Å². The molecule has 0 aromatic heterocycles. The molecule has 0 aliphatic carbocycles. The van der Waals surface area contributed by atoms with E-state index in [9.17, 15) is 4.79 Å². The zero-order chi connectivity index (χ0) is 11.4. The Morgan fingerprint density at radius 1 is 1.23 bits per heavy atom. The monoisotopic (exact) mass is 190 g/mol. The van der Waals surface area contributed by atoms with E-state index in [1.165, 1.54) is 0 Å². The second-order valence-electron chi connectivity index (χ2n) is 2.79. The van der Waals surface area contributed by atoms with Gasteiger partial charge in [0, 0.05) is 13.0 Å². The maximum Gasteiger partial charge on any atom is 0.327 e. The summed E-state index contributed by atoms with van der Waals surface area (Å²) in [6.07, 6.45) is 0.833. The highest BCUT2D eigenvalue weighted by Gasteiger charge is 1.73. The quantitative estimate of drug-likeness (QED) is 0.620. The minimum absolute atomic E-state index is 0.833. The number of carboxylic acids is 2. The fourth-order valence-electron chi connectivity index (χ4n) is 0. The van der Waals surface area contributed by atoms with Crippen molar-refractivity contribution in [1.82, 2.24) is 0 Å². The van der Waals surface area contributed by atoms with E-state index in [-0.39, 0.29) is 0 Å². The van der Waals surface area contributed by atoms with E-state index in [0.717, 1.165) is 18.9 Å².